The molecule has 4 N–H and O–H groups in total. The van der Waals surface area contributed by atoms with Crippen LogP contribution in [0.15, 0.2) is 48.5 Å². The SMILES string of the molecule is CCC(N)CC(=O)c1ccc(-c2ccc(C(=O)CC(N)CC)cc2)cc1.Cl.Cl. The van der Waals surface area contributed by atoms with Crippen molar-refractivity contribution in [1.29, 1.82) is 0 Å². The number of carbonyl (C=O) groups excluding carboxylic acids is 2. The molecule has 0 aliphatic rings. The van der Waals surface area contributed by atoms with Gasteiger partial charge in [-0.1, -0.05) is 62.4 Å². The molecule has 0 spiro atoms. The molecule has 0 bridgehead atoms. The van der Waals surface area contributed by atoms with Crippen molar-refractivity contribution in [3.63, 3.8) is 0 Å². The van der Waals surface area contributed by atoms with Crippen LogP contribution in [0.5, 0.6) is 0 Å². The molecule has 2 unspecified atom stereocenters. The molecular formula is C22H30Cl2N2O2. The predicted molar refractivity (Wildman–Crippen MR) is 121 cm³/mol. The molecule has 2 rings (SSSR count). The highest BCUT2D eigenvalue weighted by atomic mass is 35.5. The molecule has 0 aliphatic heterocycles. The van der Waals surface area contributed by atoms with Gasteiger partial charge in [-0.2, -0.15) is 0 Å². The van der Waals surface area contributed by atoms with E-state index in [0.717, 1.165) is 24.0 Å². The Kier molecular flexibility index (Phi) is 11.9. The minimum Gasteiger partial charge on any atom is -0.327 e. The van der Waals surface area contributed by atoms with Gasteiger partial charge in [0.2, 0.25) is 0 Å². The molecule has 28 heavy (non-hydrogen) atoms. The predicted octanol–water partition coefficient (Wildman–Crippen LogP) is 4.82. The highest BCUT2D eigenvalue weighted by Gasteiger charge is 2.12. The summed E-state index contributed by atoms with van der Waals surface area (Å²) in [6.45, 7) is 3.96. The maximum atomic E-state index is 12.2. The van der Waals surface area contributed by atoms with Crippen molar-refractivity contribution in [2.45, 2.75) is 51.6 Å². The summed E-state index contributed by atoms with van der Waals surface area (Å²) in [5.74, 6) is 0.137. The number of hydrogen-bond donors (Lipinski definition) is 2. The third-order valence-corrected chi connectivity index (χ3v) is 4.69. The molecule has 0 fully saturated rings. The Hall–Kier alpha value is -1.72. The minimum atomic E-state index is -0.0897. The van der Waals surface area contributed by atoms with Crippen LogP contribution in [0.3, 0.4) is 0 Å². The number of halogens is 2. The quantitative estimate of drug-likeness (QED) is 0.564. The lowest BCUT2D eigenvalue weighted by molar-refractivity contribution is 0.0965. The van der Waals surface area contributed by atoms with Crippen molar-refractivity contribution < 1.29 is 9.59 Å². The molecule has 0 amide bonds. The van der Waals surface area contributed by atoms with E-state index in [1.165, 1.54) is 0 Å². The zero-order valence-electron chi connectivity index (χ0n) is 16.4. The van der Waals surface area contributed by atoms with Crippen LogP contribution >= 0.6 is 24.8 Å². The van der Waals surface area contributed by atoms with Crippen LogP contribution in [0, 0.1) is 0 Å². The first-order chi connectivity index (χ1) is 12.4. The van der Waals surface area contributed by atoms with Crippen LogP contribution in [0.2, 0.25) is 0 Å². The van der Waals surface area contributed by atoms with Crippen LogP contribution in [0.4, 0.5) is 0 Å². The Bertz CT molecular complexity index is 681. The van der Waals surface area contributed by atoms with Gasteiger partial charge in [0, 0.05) is 36.1 Å². The monoisotopic (exact) mass is 424 g/mol. The fraction of sp³-hybridized carbons (Fsp3) is 0.364. The van der Waals surface area contributed by atoms with E-state index in [0.29, 0.717) is 24.0 Å². The van der Waals surface area contributed by atoms with Gasteiger partial charge >= 0.3 is 0 Å². The molecule has 0 saturated carbocycles. The fourth-order valence-electron chi connectivity index (χ4n) is 2.70. The number of carbonyl (C=O) groups is 2. The maximum absolute atomic E-state index is 12.2. The lowest BCUT2D eigenvalue weighted by Gasteiger charge is -2.09. The summed E-state index contributed by atoms with van der Waals surface area (Å²) in [6, 6.07) is 14.9. The van der Waals surface area contributed by atoms with Gasteiger partial charge in [0.1, 0.15) is 0 Å². The van der Waals surface area contributed by atoms with Crippen LogP contribution in [0.1, 0.15) is 60.2 Å². The number of benzene rings is 2. The Balaban J connectivity index is 0.00000364. The average molecular weight is 425 g/mol. The summed E-state index contributed by atoms with van der Waals surface area (Å²) in [4.78, 5) is 24.3. The first kappa shape index (κ1) is 26.3. The van der Waals surface area contributed by atoms with Gasteiger partial charge in [0.05, 0.1) is 0 Å². The number of hydrogen-bond acceptors (Lipinski definition) is 4. The molecule has 2 atom stereocenters. The first-order valence-corrected chi connectivity index (χ1v) is 9.22. The molecule has 0 radical (unpaired) electrons. The van der Waals surface area contributed by atoms with Crippen LogP contribution in [-0.4, -0.2) is 23.7 Å². The summed E-state index contributed by atoms with van der Waals surface area (Å²) in [5.41, 5.74) is 15.1. The average Bonchev–Trinajstić information content (AvgIpc) is 2.67. The zero-order chi connectivity index (χ0) is 19.1. The van der Waals surface area contributed by atoms with Crippen LogP contribution < -0.4 is 11.5 Å². The number of rotatable bonds is 9. The maximum Gasteiger partial charge on any atom is 0.164 e. The van der Waals surface area contributed by atoms with E-state index in [2.05, 4.69) is 0 Å². The standard InChI is InChI=1S/C22H28N2O2.2ClH/c1-3-19(23)13-21(25)17-9-5-15(6-10-17)16-7-11-18(12-8-16)22(26)14-20(24)4-2;;/h5-12,19-20H,3-4,13-14,23-24H2,1-2H3;2*1H. The van der Waals surface area contributed by atoms with Gasteiger partial charge in [-0.3, -0.25) is 9.59 Å². The lowest BCUT2D eigenvalue weighted by Crippen LogP contribution is -2.22. The molecule has 6 heteroatoms. The number of ketones is 2. The van der Waals surface area contributed by atoms with E-state index in [-0.39, 0.29) is 48.5 Å². The topological polar surface area (TPSA) is 86.2 Å². The second kappa shape index (κ2) is 12.7. The highest BCUT2D eigenvalue weighted by Crippen LogP contribution is 2.22. The van der Waals surface area contributed by atoms with E-state index in [4.69, 9.17) is 11.5 Å². The van der Waals surface area contributed by atoms with Crippen LogP contribution in [0.25, 0.3) is 11.1 Å². The smallest absolute Gasteiger partial charge is 0.164 e. The number of Topliss-reactive ketones (excluding diaryl/α,β-unsaturated/α-hetero) is 2. The third-order valence-electron chi connectivity index (χ3n) is 4.69. The van der Waals surface area contributed by atoms with E-state index in [9.17, 15) is 9.59 Å². The van der Waals surface area contributed by atoms with Gasteiger partial charge < -0.3 is 11.5 Å². The second-order valence-electron chi connectivity index (χ2n) is 6.75. The molecule has 154 valence electrons. The summed E-state index contributed by atoms with van der Waals surface area (Å²) < 4.78 is 0. The Labute approximate surface area is 179 Å². The van der Waals surface area contributed by atoms with E-state index in [1.807, 2.05) is 62.4 Å². The minimum absolute atomic E-state index is 0. The molecule has 0 heterocycles. The number of nitrogens with two attached hydrogens (primary N) is 2. The van der Waals surface area contributed by atoms with E-state index in [1.54, 1.807) is 0 Å². The van der Waals surface area contributed by atoms with Crippen molar-refractivity contribution in [2.75, 3.05) is 0 Å². The Morgan fingerprint density at radius 3 is 1.21 bits per heavy atom. The van der Waals surface area contributed by atoms with Gasteiger partial charge in [0.25, 0.3) is 0 Å². The normalized spacial score (nSPS) is 12.3. The van der Waals surface area contributed by atoms with E-state index >= 15 is 0 Å². The molecule has 0 aromatic heterocycles. The van der Waals surface area contributed by atoms with E-state index < -0.39 is 0 Å². The highest BCUT2D eigenvalue weighted by molar-refractivity contribution is 5.97. The molecule has 4 nitrogen and oxygen atoms in total. The summed E-state index contributed by atoms with van der Waals surface area (Å²) >= 11 is 0. The molecule has 2 aromatic rings. The van der Waals surface area contributed by atoms with Gasteiger partial charge in [0.15, 0.2) is 11.6 Å². The second-order valence-corrected chi connectivity index (χ2v) is 6.75. The van der Waals surface area contributed by atoms with Gasteiger partial charge in [-0.15, -0.1) is 24.8 Å². The Morgan fingerprint density at radius 2 is 0.964 bits per heavy atom. The Morgan fingerprint density at radius 1 is 0.679 bits per heavy atom. The summed E-state index contributed by atoms with van der Waals surface area (Å²) in [6.07, 6.45) is 2.31. The van der Waals surface area contributed by atoms with Crippen molar-refractivity contribution in [3.8, 4) is 11.1 Å². The molecule has 0 saturated heterocycles. The third kappa shape index (κ3) is 7.36. The molecule has 0 aliphatic carbocycles. The van der Waals surface area contributed by atoms with Crippen molar-refractivity contribution in [1.82, 2.24) is 0 Å². The first-order valence-electron chi connectivity index (χ1n) is 9.22. The molecular weight excluding hydrogens is 395 g/mol. The lowest BCUT2D eigenvalue weighted by atomic mass is 9.97. The fourth-order valence-corrected chi connectivity index (χ4v) is 2.70. The largest absolute Gasteiger partial charge is 0.327 e. The summed E-state index contributed by atoms with van der Waals surface area (Å²) in [7, 11) is 0. The van der Waals surface area contributed by atoms with Gasteiger partial charge in [-0.05, 0) is 24.0 Å². The van der Waals surface area contributed by atoms with Gasteiger partial charge in [-0.25, -0.2) is 0 Å². The zero-order valence-corrected chi connectivity index (χ0v) is 18.0. The molecule has 2 aromatic carbocycles. The van der Waals surface area contributed by atoms with Crippen molar-refractivity contribution >= 4 is 36.4 Å². The summed E-state index contributed by atoms with van der Waals surface area (Å²) in [5, 5.41) is 0. The van der Waals surface area contributed by atoms with Crippen LogP contribution in [-0.2, 0) is 0 Å². The van der Waals surface area contributed by atoms with Crippen molar-refractivity contribution in [3.05, 3.63) is 59.7 Å². The van der Waals surface area contributed by atoms with Crippen molar-refractivity contribution in [2.24, 2.45) is 11.5 Å².